The first kappa shape index (κ1) is 29.0. The molecule has 220 valence electrons. The van der Waals surface area contributed by atoms with Crippen molar-refractivity contribution >= 4 is 51.2 Å². The fourth-order valence-corrected chi connectivity index (χ4v) is 5.85. The van der Waals surface area contributed by atoms with Crippen molar-refractivity contribution in [2.75, 3.05) is 36.8 Å². The monoisotopic (exact) mass is 617 g/mol. The molecule has 9 nitrogen and oxygen atoms in total. The van der Waals surface area contributed by atoms with Gasteiger partial charge in [0.15, 0.2) is 0 Å². The van der Waals surface area contributed by atoms with E-state index in [0.29, 0.717) is 38.6 Å². The number of halogens is 3. The van der Waals surface area contributed by atoms with E-state index in [1.165, 1.54) is 37.6 Å². The molecule has 0 saturated carbocycles. The molecule has 0 bridgehead atoms. The Morgan fingerprint density at radius 2 is 1.86 bits per heavy atom. The molecule has 12 heteroatoms. The zero-order valence-corrected chi connectivity index (χ0v) is 24.8. The number of anilines is 3. The van der Waals surface area contributed by atoms with Gasteiger partial charge in [0.2, 0.25) is 0 Å². The first-order valence-electron chi connectivity index (χ1n) is 14.1. The van der Waals surface area contributed by atoms with Crippen LogP contribution in [-0.4, -0.2) is 46.1 Å². The predicted octanol–water partition coefficient (Wildman–Crippen LogP) is 6.50. The average molecular weight is 619 g/mol. The van der Waals surface area contributed by atoms with Crippen LogP contribution in [0.25, 0.3) is 10.9 Å². The quantitative estimate of drug-likeness (QED) is 0.168. The standard InChI is InChI=1S/C31H30Cl2FN9/c32-25-14-22(6-7-27(25)34)38-29-21(16-35)18-37-31-24(29)13-23(15-26(31)33)39-30(20-5-4-8-36-17-20)28-19-43(41-40-28)12-11-42-9-2-1-3-10-42/h4-8,13-15,17-19,30,39-41H,1-3,9-12H2,(H,37,38)/t30-/m0/s1. The second kappa shape index (κ2) is 13.0. The highest BCUT2D eigenvalue weighted by Gasteiger charge is 2.24. The van der Waals surface area contributed by atoms with Crippen LogP contribution in [0, 0.1) is 17.1 Å². The number of fused-ring (bicyclic) bond motifs is 1. The second-order valence-corrected chi connectivity index (χ2v) is 11.4. The molecule has 0 aliphatic carbocycles. The molecule has 4 N–H and O–H groups in total. The lowest BCUT2D eigenvalue weighted by Gasteiger charge is -2.28. The molecule has 0 spiro atoms. The molecule has 1 saturated heterocycles. The van der Waals surface area contributed by atoms with E-state index in [1.54, 1.807) is 12.3 Å². The number of aromatic nitrogens is 2. The lowest BCUT2D eigenvalue weighted by molar-refractivity contribution is 0.181. The largest absolute Gasteiger partial charge is 0.373 e. The van der Waals surface area contributed by atoms with Crippen LogP contribution in [-0.2, 0) is 0 Å². The minimum absolute atomic E-state index is 0.0301. The van der Waals surface area contributed by atoms with E-state index in [2.05, 4.69) is 53.7 Å². The summed E-state index contributed by atoms with van der Waals surface area (Å²) >= 11 is 12.8. The van der Waals surface area contributed by atoms with E-state index in [0.717, 1.165) is 37.4 Å². The molecule has 2 aliphatic rings. The SMILES string of the molecule is N#Cc1cnc2c(Cl)cc(N[C@H](C3=CN(CCN4CCCCC4)NN3)c3cccnc3)cc2c1Nc1ccc(F)c(Cl)c1. The number of likely N-dealkylation sites (tertiary alicyclic amines) is 1. The molecule has 2 aliphatic heterocycles. The molecule has 2 aromatic carbocycles. The van der Waals surface area contributed by atoms with Gasteiger partial charge in [0.1, 0.15) is 11.9 Å². The summed E-state index contributed by atoms with van der Waals surface area (Å²) in [5.41, 5.74) is 11.0. The minimum Gasteiger partial charge on any atom is -0.373 e. The number of benzene rings is 2. The number of nitrogens with zero attached hydrogens (tertiary/aromatic N) is 5. The summed E-state index contributed by atoms with van der Waals surface area (Å²) in [7, 11) is 0. The van der Waals surface area contributed by atoms with E-state index >= 15 is 0 Å². The lowest BCUT2D eigenvalue weighted by Crippen LogP contribution is -2.42. The van der Waals surface area contributed by atoms with Gasteiger partial charge in [-0.05, 0) is 67.9 Å². The van der Waals surface area contributed by atoms with E-state index in [-0.39, 0.29) is 11.1 Å². The molecular weight excluding hydrogens is 588 g/mol. The maximum Gasteiger partial charge on any atom is 0.141 e. The Morgan fingerprint density at radius 1 is 1.02 bits per heavy atom. The Balaban J connectivity index is 1.32. The van der Waals surface area contributed by atoms with Gasteiger partial charge in [0, 0.05) is 54.6 Å². The molecule has 0 radical (unpaired) electrons. The van der Waals surface area contributed by atoms with Gasteiger partial charge in [-0.1, -0.05) is 35.7 Å². The van der Waals surface area contributed by atoms with Crippen LogP contribution in [0.3, 0.4) is 0 Å². The normalized spacial score (nSPS) is 16.0. The summed E-state index contributed by atoms with van der Waals surface area (Å²) in [4.78, 5) is 11.3. The molecule has 0 unspecified atom stereocenters. The third-order valence-corrected chi connectivity index (χ3v) is 8.20. The Kier molecular flexibility index (Phi) is 8.77. The van der Waals surface area contributed by atoms with Crippen molar-refractivity contribution in [3.05, 3.63) is 99.9 Å². The highest BCUT2D eigenvalue weighted by molar-refractivity contribution is 6.36. The van der Waals surface area contributed by atoms with Crippen molar-refractivity contribution in [2.24, 2.45) is 0 Å². The number of nitrogens with one attached hydrogen (secondary N) is 4. The molecule has 1 fully saturated rings. The van der Waals surface area contributed by atoms with Crippen molar-refractivity contribution in [1.29, 1.82) is 5.26 Å². The van der Waals surface area contributed by atoms with Gasteiger partial charge in [-0.15, -0.1) is 5.53 Å². The van der Waals surface area contributed by atoms with Crippen molar-refractivity contribution < 1.29 is 4.39 Å². The highest BCUT2D eigenvalue weighted by Crippen LogP contribution is 2.37. The van der Waals surface area contributed by atoms with Gasteiger partial charge in [-0.3, -0.25) is 15.0 Å². The first-order chi connectivity index (χ1) is 21.0. The molecule has 4 heterocycles. The number of hydrogen-bond acceptors (Lipinski definition) is 9. The van der Waals surface area contributed by atoms with Crippen LogP contribution < -0.4 is 21.6 Å². The van der Waals surface area contributed by atoms with Gasteiger partial charge < -0.3 is 21.0 Å². The van der Waals surface area contributed by atoms with Crippen LogP contribution in [0.15, 0.2) is 73.0 Å². The number of hydrogen-bond donors (Lipinski definition) is 4. The second-order valence-electron chi connectivity index (χ2n) is 10.5. The van der Waals surface area contributed by atoms with Crippen molar-refractivity contribution in [2.45, 2.75) is 25.3 Å². The number of nitriles is 1. The van der Waals surface area contributed by atoms with E-state index in [4.69, 9.17) is 23.2 Å². The molecule has 1 atom stereocenters. The third kappa shape index (κ3) is 6.60. The molecule has 4 aromatic rings. The number of hydrazine groups is 2. The van der Waals surface area contributed by atoms with Gasteiger partial charge in [0.25, 0.3) is 0 Å². The number of rotatable bonds is 9. The lowest BCUT2D eigenvalue weighted by atomic mass is 10.0. The topological polar surface area (TPSA) is 104 Å². The maximum absolute atomic E-state index is 13.8. The van der Waals surface area contributed by atoms with Gasteiger partial charge in [0.05, 0.1) is 38.6 Å². The zero-order chi connectivity index (χ0) is 29.8. The average Bonchev–Trinajstić information content (AvgIpc) is 3.50. The summed E-state index contributed by atoms with van der Waals surface area (Å²) in [5, 5.41) is 19.8. The molecule has 43 heavy (non-hydrogen) atoms. The van der Waals surface area contributed by atoms with Crippen molar-refractivity contribution in [3.63, 3.8) is 0 Å². The fourth-order valence-electron chi connectivity index (χ4n) is 5.40. The predicted molar refractivity (Wildman–Crippen MR) is 168 cm³/mol. The fraction of sp³-hybridized carbons (Fsp3) is 0.258. The Bertz CT molecular complexity index is 1690. The number of piperidine rings is 1. The van der Waals surface area contributed by atoms with Crippen LogP contribution in [0.1, 0.15) is 36.4 Å². The third-order valence-electron chi connectivity index (χ3n) is 7.62. The van der Waals surface area contributed by atoms with Crippen LogP contribution in [0.5, 0.6) is 0 Å². The van der Waals surface area contributed by atoms with Crippen LogP contribution in [0.4, 0.5) is 21.5 Å². The minimum atomic E-state index is -0.530. The Morgan fingerprint density at radius 3 is 2.63 bits per heavy atom. The Hall–Kier alpha value is -4.14. The zero-order valence-electron chi connectivity index (χ0n) is 23.2. The van der Waals surface area contributed by atoms with Gasteiger partial charge >= 0.3 is 0 Å². The summed E-state index contributed by atoms with van der Waals surface area (Å²) in [6.07, 6.45) is 10.9. The summed E-state index contributed by atoms with van der Waals surface area (Å²) < 4.78 is 13.8. The molecular formula is C31H30Cl2FN9. The Labute approximate surface area is 259 Å². The van der Waals surface area contributed by atoms with Gasteiger partial charge in [-0.25, -0.2) is 4.39 Å². The maximum atomic E-state index is 13.8. The van der Waals surface area contributed by atoms with Crippen LogP contribution >= 0.6 is 23.2 Å². The summed E-state index contributed by atoms with van der Waals surface area (Å²) in [5.74, 6) is -0.530. The van der Waals surface area contributed by atoms with E-state index in [1.807, 2.05) is 30.5 Å². The molecule has 0 amide bonds. The highest BCUT2D eigenvalue weighted by atomic mass is 35.5. The van der Waals surface area contributed by atoms with Crippen LogP contribution in [0.2, 0.25) is 10.0 Å². The van der Waals surface area contributed by atoms with Crippen molar-refractivity contribution in [3.8, 4) is 6.07 Å². The molecule has 2 aromatic heterocycles. The number of pyridine rings is 2. The smallest absolute Gasteiger partial charge is 0.141 e. The summed E-state index contributed by atoms with van der Waals surface area (Å²) in [6, 6.07) is 13.8. The van der Waals surface area contributed by atoms with Crippen molar-refractivity contribution in [1.82, 2.24) is 30.8 Å². The van der Waals surface area contributed by atoms with Gasteiger partial charge in [-0.2, -0.15) is 5.26 Å². The first-order valence-corrected chi connectivity index (χ1v) is 14.9. The molecule has 6 rings (SSSR count). The van der Waals surface area contributed by atoms with E-state index in [9.17, 15) is 9.65 Å². The summed E-state index contributed by atoms with van der Waals surface area (Å²) in [6.45, 7) is 4.11. The van der Waals surface area contributed by atoms with E-state index < -0.39 is 5.82 Å².